The Balaban J connectivity index is 1.69. The van der Waals surface area contributed by atoms with E-state index in [2.05, 4.69) is 10.6 Å². The number of carboxylic acids is 2. The molecule has 0 aromatic heterocycles. The van der Waals surface area contributed by atoms with E-state index in [1.165, 1.54) is 12.1 Å². The van der Waals surface area contributed by atoms with Crippen molar-refractivity contribution in [2.45, 2.75) is 17.9 Å². The van der Waals surface area contributed by atoms with Crippen LogP contribution >= 0.6 is 0 Å². The second-order valence-electron chi connectivity index (χ2n) is 9.02. The van der Waals surface area contributed by atoms with Gasteiger partial charge in [0.05, 0.1) is 23.0 Å². The van der Waals surface area contributed by atoms with Crippen molar-refractivity contribution in [3.63, 3.8) is 0 Å². The molecule has 4 N–H and O–H groups in total. The number of benzene rings is 4. The van der Waals surface area contributed by atoms with Crippen LogP contribution in [0.25, 0.3) is 0 Å². The van der Waals surface area contributed by atoms with E-state index < -0.39 is 55.8 Å². The Bertz CT molecular complexity index is 1760. The van der Waals surface area contributed by atoms with Crippen LogP contribution in [0.5, 0.6) is 11.5 Å². The first-order valence-electron chi connectivity index (χ1n) is 12.8. The van der Waals surface area contributed by atoms with Crippen LogP contribution in [-0.2, 0) is 14.8 Å². The number of hydrogen-bond acceptors (Lipinski definition) is 9. The molecule has 0 spiro atoms. The molecule has 1 amide bonds. The van der Waals surface area contributed by atoms with Crippen LogP contribution < -0.4 is 30.3 Å². The lowest BCUT2D eigenvalue weighted by Crippen LogP contribution is -2.31. The summed E-state index contributed by atoms with van der Waals surface area (Å²) in [6.45, 7) is 2.30. The predicted molar refractivity (Wildman–Crippen MR) is 153 cm³/mol. The zero-order valence-electron chi connectivity index (χ0n) is 22.6. The third-order valence-corrected chi connectivity index (χ3v) is 7.53. The van der Waals surface area contributed by atoms with Gasteiger partial charge in [-0.1, -0.05) is 48.2 Å². The topological polar surface area (TPSA) is 197 Å². The van der Waals surface area contributed by atoms with Crippen molar-refractivity contribution < 1.29 is 42.9 Å². The molecule has 0 aliphatic carbocycles. The van der Waals surface area contributed by atoms with Crippen LogP contribution in [0, 0.1) is 0 Å². The quantitative estimate of drug-likeness (QED) is 0.187. The summed E-state index contributed by atoms with van der Waals surface area (Å²) < 4.78 is 34.0. The van der Waals surface area contributed by atoms with Crippen LogP contribution in [0.15, 0.2) is 95.9 Å². The lowest BCUT2D eigenvalue weighted by Gasteiger charge is -2.24. The molecule has 4 rings (SSSR count). The van der Waals surface area contributed by atoms with Crippen molar-refractivity contribution in [2.24, 2.45) is 0 Å². The van der Waals surface area contributed by atoms with Crippen LogP contribution in [0.2, 0.25) is 0 Å². The molecule has 0 aliphatic heterocycles. The molecular weight excluding hydrogens is 578 g/mol. The van der Waals surface area contributed by atoms with E-state index in [4.69, 9.17) is 9.84 Å². The first-order valence-corrected chi connectivity index (χ1v) is 14.2. The standard InChI is InChI=1S/C30H27N3O9S/c1-2-42-21-14-12-20(13-15-21)31-28(35)27(18-7-4-3-5-8-18)32-23-9-6-10-25(26(23)30(38)39)43(40,41)33-22-16-11-19(29(36)37)17-24(22)34/h3-17,27,32-34H,2H2,1H3,(H,31,35)(H,36,37)(H,38,39)/p-2. The minimum atomic E-state index is -4.72. The largest absolute Gasteiger partial charge is 0.871 e. The van der Waals surface area contributed by atoms with E-state index in [1.54, 1.807) is 54.6 Å². The average molecular weight is 604 g/mol. The fourth-order valence-corrected chi connectivity index (χ4v) is 5.43. The molecule has 0 saturated heterocycles. The highest BCUT2D eigenvalue weighted by molar-refractivity contribution is 7.92. The third kappa shape index (κ3) is 7.21. The van der Waals surface area contributed by atoms with E-state index in [1.807, 2.05) is 11.6 Å². The number of hydrogen-bond donors (Lipinski definition) is 4. The van der Waals surface area contributed by atoms with Crippen LogP contribution in [0.1, 0.15) is 39.2 Å². The van der Waals surface area contributed by atoms with Gasteiger partial charge in [0.25, 0.3) is 15.9 Å². The Morgan fingerprint density at radius 2 is 1.60 bits per heavy atom. The highest BCUT2D eigenvalue weighted by Crippen LogP contribution is 2.31. The molecule has 0 saturated carbocycles. The molecule has 13 heteroatoms. The van der Waals surface area contributed by atoms with Gasteiger partial charge in [0.2, 0.25) is 0 Å². The summed E-state index contributed by atoms with van der Waals surface area (Å²) in [4.78, 5) is 36.1. The van der Waals surface area contributed by atoms with Crippen molar-refractivity contribution in [1.82, 2.24) is 0 Å². The number of amides is 1. The summed E-state index contributed by atoms with van der Waals surface area (Å²) >= 11 is 0. The lowest BCUT2D eigenvalue weighted by atomic mass is 10.0. The van der Waals surface area contributed by atoms with Crippen molar-refractivity contribution in [2.75, 3.05) is 22.0 Å². The minimum absolute atomic E-state index is 0.248. The Morgan fingerprint density at radius 3 is 2.21 bits per heavy atom. The SMILES string of the molecule is CCOc1ccc(NC(=O)C(Nc2cccc(S(=O)(=O)Nc3ccc(C(=O)O)cc3[O-])c2C(=O)[O-])c2ccccc2)cc1. The zero-order chi connectivity index (χ0) is 31.1. The number of nitrogens with one attached hydrogen (secondary N) is 3. The normalized spacial score (nSPS) is 11.7. The first kappa shape index (κ1) is 30.4. The van der Waals surface area contributed by atoms with E-state index in [-0.39, 0.29) is 11.3 Å². The molecule has 4 aromatic carbocycles. The summed E-state index contributed by atoms with van der Waals surface area (Å²) in [5, 5.41) is 39.3. The summed E-state index contributed by atoms with van der Waals surface area (Å²) in [7, 11) is -4.72. The van der Waals surface area contributed by atoms with Gasteiger partial charge >= 0.3 is 5.97 Å². The smallest absolute Gasteiger partial charge is 0.335 e. The van der Waals surface area contributed by atoms with E-state index >= 15 is 0 Å². The molecule has 0 aliphatic rings. The van der Waals surface area contributed by atoms with Crippen molar-refractivity contribution in [3.8, 4) is 11.5 Å². The van der Waals surface area contributed by atoms with Crippen LogP contribution in [0.4, 0.5) is 17.1 Å². The van der Waals surface area contributed by atoms with Gasteiger partial charge in [0, 0.05) is 22.6 Å². The van der Waals surface area contributed by atoms with Crippen molar-refractivity contribution >= 4 is 44.9 Å². The van der Waals surface area contributed by atoms with E-state index in [0.29, 0.717) is 23.6 Å². The lowest BCUT2D eigenvalue weighted by molar-refractivity contribution is -0.267. The number of carboxylic acid groups (broad SMARTS) is 2. The van der Waals surface area contributed by atoms with Crippen LogP contribution in [0.3, 0.4) is 0 Å². The van der Waals surface area contributed by atoms with Gasteiger partial charge in [0.15, 0.2) is 0 Å². The molecule has 4 aromatic rings. The van der Waals surface area contributed by atoms with Gasteiger partial charge in [0.1, 0.15) is 11.8 Å². The first-order chi connectivity index (χ1) is 20.5. The zero-order valence-corrected chi connectivity index (χ0v) is 23.4. The molecular formula is C30H25N3O9S-2. The molecule has 222 valence electrons. The highest BCUT2D eigenvalue weighted by Gasteiger charge is 2.26. The summed E-state index contributed by atoms with van der Waals surface area (Å²) in [6, 6.07) is 20.0. The fraction of sp³-hybridized carbons (Fsp3) is 0.100. The minimum Gasteiger partial charge on any atom is -0.871 e. The maximum absolute atomic E-state index is 13.5. The second-order valence-corrected chi connectivity index (χ2v) is 10.7. The molecule has 0 heterocycles. The number of ether oxygens (including phenoxy) is 1. The van der Waals surface area contributed by atoms with E-state index in [9.17, 15) is 33.0 Å². The Hall–Kier alpha value is -5.56. The summed E-state index contributed by atoms with van der Waals surface area (Å²) in [5.74, 6) is -4.18. The molecule has 0 radical (unpaired) electrons. The molecule has 1 atom stereocenters. The number of carbonyl (C=O) groups excluding carboxylic acids is 2. The Kier molecular flexibility index (Phi) is 9.16. The number of sulfonamides is 1. The van der Waals surface area contributed by atoms with Crippen LogP contribution in [-0.4, -0.2) is 38.0 Å². The van der Waals surface area contributed by atoms with Gasteiger partial charge in [-0.25, -0.2) is 13.2 Å². The van der Waals surface area contributed by atoms with Gasteiger partial charge in [-0.2, -0.15) is 0 Å². The molecule has 1 unspecified atom stereocenters. The predicted octanol–water partition coefficient (Wildman–Crippen LogP) is 2.81. The molecule has 0 fully saturated rings. The summed E-state index contributed by atoms with van der Waals surface area (Å²) in [6.07, 6.45) is 0. The highest BCUT2D eigenvalue weighted by atomic mass is 32.2. The molecule has 43 heavy (non-hydrogen) atoms. The van der Waals surface area contributed by atoms with Gasteiger partial charge in [-0.3, -0.25) is 9.52 Å². The third-order valence-electron chi connectivity index (χ3n) is 6.12. The second kappa shape index (κ2) is 13.0. The van der Waals surface area contributed by atoms with Gasteiger partial charge in [-0.15, -0.1) is 0 Å². The number of aromatic carboxylic acids is 2. The Labute approximate surface area is 246 Å². The molecule has 0 bridgehead atoms. The number of carbonyl (C=O) groups is 3. The Morgan fingerprint density at radius 1 is 0.907 bits per heavy atom. The monoisotopic (exact) mass is 603 g/mol. The average Bonchev–Trinajstić information content (AvgIpc) is 2.98. The van der Waals surface area contributed by atoms with Gasteiger partial charge in [-0.05, 0) is 61.0 Å². The maximum atomic E-state index is 13.5. The number of rotatable bonds is 12. The van der Waals surface area contributed by atoms with E-state index in [0.717, 1.165) is 24.3 Å². The van der Waals surface area contributed by atoms with Crippen molar-refractivity contribution in [1.29, 1.82) is 0 Å². The molecule has 12 nitrogen and oxygen atoms in total. The maximum Gasteiger partial charge on any atom is 0.335 e. The summed E-state index contributed by atoms with van der Waals surface area (Å²) in [5.41, 5.74) is -1.02. The number of anilines is 3. The van der Waals surface area contributed by atoms with Gasteiger partial charge < -0.3 is 35.5 Å². The van der Waals surface area contributed by atoms with Crippen molar-refractivity contribution in [3.05, 3.63) is 108 Å². The fourth-order valence-electron chi connectivity index (χ4n) is 4.14.